The quantitative estimate of drug-likeness (QED) is 0.782. The average molecular weight is 356 g/mol. The Morgan fingerprint density at radius 2 is 2.00 bits per heavy atom. The molecular weight excluding hydrogens is 340 g/mol. The second-order valence-electron chi connectivity index (χ2n) is 6.54. The normalized spacial score (nSPS) is 24.4. The number of benzene rings is 1. The third-order valence-electron chi connectivity index (χ3n) is 5.09. The van der Waals surface area contributed by atoms with Crippen molar-refractivity contribution >= 4 is 23.2 Å². The number of carbonyl (C=O) groups excluding carboxylic acids is 2. The maximum Gasteiger partial charge on any atom is 0.245 e. The van der Waals surface area contributed by atoms with E-state index in [9.17, 15) is 9.59 Å². The van der Waals surface area contributed by atoms with Gasteiger partial charge in [0.2, 0.25) is 18.6 Å². The van der Waals surface area contributed by atoms with Gasteiger partial charge in [-0.1, -0.05) is 6.07 Å². The highest BCUT2D eigenvalue weighted by Crippen LogP contribution is 2.44. The van der Waals surface area contributed by atoms with E-state index in [1.807, 2.05) is 23.6 Å². The van der Waals surface area contributed by atoms with Gasteiger partial charge in [0.05, 0.1) is 12.6 Å². The maximum atomic E-state index is 12.8. The fourth-order valence-electron chi connectivity index (χ4n) is 3.91. The monoisotopic (exact) mass is 356 g/mol. The van der Waals surface area contributed by atoms with Gasteiger partial charge in [0.15, 0.2) is 11.5 Å². The van der Waals surface area contributed by atoms with Gasteiger partial charge in [-0.3, -0.25) is 9.59 Å². The van der Waals surface area contributed by atoms with Gasteiger partial charge in [-0.2, -0.15) is 0 Å². The summed E-state index contributed by atoms with van der Waals surface area (Å²) in [6.45, 7) is 0.333. The zero-order valence-corrected chi connectivity index (χ0v) is 14.4. The van der Waals surface area contributed by atoms with E-state index in [4.69, 9.17) is 9.47 Å². The molecule has 0 N–H and O–H groups in total. The fourth-order valence-corrected chi connectivity index (χ4v) is 4.97. The summed E-state index contributed by atoms with van der Waals surface area (Å²) >= 11 is 1.63. The predicted molar refractivity (Wildman–Crippen MR) is 90.7 cm³/mol. The molecule has 2 amide bonds. The molecule has 0 saturated carbocycles. The number of carbonyl (C=O) groups is 2. The third kappa shape index (κ3) is 2.08. The first-order valence-electron chi connectivity index (χ1n) is 8.15. The Kier molecular flexibility index (Phi) is 3.09. The Morgan fingerprint density at radius 1 is 1.16 bits per heavy atom. The summed E-state index contributed by atoms with van der Waals surface area (Å²) in [6.07, 6.45) is 0.578. The van der Waals surface area contributed by atoms with Crippen LogP contribution in [0.15, 0.2) is 29.6 Å². The van der Waals surface area contributed by atoms with Crippen LogP contribution in [0.4, 0.5) is 0 Å². The van der Waals surface area contributed by atoms with Gasteiger partial charge in [-0.05, 0) is 34.7 Å². The molecule has 2 atom stereocenters. The number of fused-ring (bicyclic) bond motifs is 3. The lowest BCUT2D eigenvalue weighted by molar-refractivity contribution is -0.157. The van der Waals surface area contributed by atoms with Gasteiger partial charge in [0.25, 0.3) is 0 Å². The Balaban J connectivity index is 1.66. The smallest absolute Gasteiger partial charge is 0.245 e. The van der Waals surface area contributed by atoms with Crippen molar-refractivity contribution in [2.75, 3.05) is 20.4 Å². The molecule has 0 aliphatic carbocycles. The molecule has 7 heteroatoms. The van der Waals surface area contributed by atoms with Crippen LogP contribution in [0.1, 0.15) is 22.0 Å². The first kappa shape index (κ1) is 14.8. The minimum Gasteiger partial charge on any atom is -0.454 e. The van der Waals surface area contributed by atoms with Crippen LogP contribution in [-0.4, -0.2) is 48.0 Å². The number of nitrogens with zero attached hydrogens (tertiary/aromatic N) is 2. The van der Waals surface area contributed by atoms with Gasteiger partial charge in [-0.25, -0.2) is 0 Å². The lowest BCUT2D eigenvalue weighted by atomic mass is 9.88. The van der Waals surface area contributed by atoms with Crippen LogP contribution < -0.4 is 9.47 Å². The summed E-state index contributed by atoms with van der Waals surface area (Å²) in [5.74, 6) is 1.38. The highest BCUT2D eigenvalue weighted by atomic mass is 32.1. The van der Waals surface area contributed by atoms with Crippen molar-refractivity contribution in [2.24, 2.45) is 0 Å². The summed E-state index contributed by atoms with van der Waals surface area (Å²) in [5.41, 5.74) is 2.09. The number of ether oxygens (including phenoxy) is 2. The molecule has 0 spiro atoms. The Hall–Kier alpha value is -2.54. The summed E-state index contributed by atoms with van der Waals surface area (Å²) in [7, 11) is 1.69. The second kappa shape index (κ2) is 5.23. The highest BCUT2D eigenvalue weighted by Gasteiger charge is 2.46. The molecule has 1 aromatic carbocycles. The molecule has 6 nitrogen and oxygen atoms in total. The highest BCUT2D eigenvalue weighted by molar-refractivity contribution is 7.10. The molecule has 0 radical (unpaired) electrons. The van der Waals surface area contributed by atoms with E-state index < -0.39 is 6.04 Å². The number of amides is 2. The van der Waals surface area contributed by atoms with E-state index >= 15 is 0 Å². The lowest BCUT2D eigenvalue weighted by Crippen LogP contribution is -2.61. The molecule has 1 aromatic heterocycles. The van der Waals surface area contributed by atoms with Gasteiger partial charge < -0.3 is 19.3 Å². The number of rotatable bonds is 1. The Labute approximate surface area is 148 Å². The van der Waals surface area contributed by atoms with Crippen molar-refractivity contribution in [2.45, 2.75) is 18.5 Å². The second-order valence-corrected chi connectivity index (χ2v) is 7.49. The molecule has 1 saturated heterocycles. The summed E-state index contributed by atoms with van der Waals surface area (Å²) in [6, 6.07) is 7.12. The Morgan fingerprint density at radius 3 is 2.88 bits per heavy atom. The number of piperazine rings is 1. The van der Waals surface area contributed by atoms with E-state index in [1.54, 1.807) is 23.3 Å². The minimum atomic E-state index is -0.441. The first-order valence-corrected chi connectivity index (χ1v) is 9.03. The summed E-state index contributed by atoms with van der Waals surface area (Å²) in [4.78, 5) is 29.9. The van der Waals surface area contributed by atoms with Gasteiger partial charge >= 0.3 is 0 Å². The molecule has 0 unspecified atom stereocenters. The minimum absolute atomic E-state index is 0.00203. The van der Waals surface area contributed by atoms with Crippen LogP contribution in [-0.2, 0) is 16.0 Å². The average Bonchev–Trinajstić information content (AvgIpc) is 3.26. The van der Waals surface area contributed by atoms with Crippen molar-refractivity contribution in [3.8, 4) is 11.5 Å². The number of likely N-dealkylation sites (N-methyl/N-ethyl adjacent to an activating group) is 1. The van der Waals surface area contributed by atoms with Crippen molar-refractivity contribution < 1.29 is 19.1 Å². The van der Waals surface area contributed by atoms with Crippen LogP contribution in [0.3, 0.4) is 0 Å². The van der Waals surface area contributed by atoms with E-state index in [1.165, 1.54) is 4.90 Å². The molecular formula is C18H16N2O4S. The van der Waals surface area contributed by atoms with Crippen LogP contribution >= 0.6 is 11.3 Å². The molecule has 3 aliphatic heterocycles. The van der Waals surface area contributed by atoms with Crippen molar-refractivity contribution in [1.82, 2.24) is 9.80 Å². The topological polar surface area (TPSA) is 59.1 Å². The SMILES string of the molecule is CN1CC(=O)N2[C@H](c3ccc4c(c3)OCO4)c3sccc3C[C@@H]2C1=O. The number of hydrogen-bond donors (Lipinski definition) is 0. The first-order chi connectivity index (χ1) is 12.1. The fraction of sp³-hybridized carbons (Fsp3) is 0.333. The van der Waals surface area contributed by atoms with Crippen molar-refractivity contribution in [1.29, 1.82) is 0 Å². The van der Waals surface area contributed by atoms with Crippen molar-refractivity contribution in [3.63, 3.8) is 0 Å². The molecule has 4 heterocycles. The van der Waals surface area contributed by atoms with Crippen LogP contribution in [0, 0.1) is 0 Å². The van der Waals surface area contributed by atoms with Crippen LogP contribution in [0.25, 0.3) is 0 Å². The molecule has 25 heavy (non-hydrogen) atoms. The van der Waals surface area contributed by atoms with Gasteiger partial charge in [0, 0.05) is 18.3 Å². The standard InChI is InChI=1S/C18H16N2O4S/c1-19-8-15(21)20-12(18(19)22)6-11-4-5-25-17(11)16(20)10-2-3-13-14(7-10)24-9-23-13/h2-5,7,12,16H,6,8-9H2,1H3/t12-,16-/m1/s1. The predicted octanol–water partition coefficient (Wildman–Crippen LogP) is 1.79. The molecule has 1 fully saturated rings. The summed E-state index contributed by atoms with van der Waals surface area (Å²) < 4.78 is 10.9. The number of hydrogen-bond acceptors (Lipinski definition) is 5. The largest absolute Gasteiger partial charge is 0.454 e. The van der Waals surface area contributed by atoms with Crippen molar-refractivity contribution in [3.05, 3.63) is 45.6 Å². The van der Waals surface area contributed by atoms with E-state index in [0.29, 0.717) is 17.9 Å². The lowest BCUT2D eigenvalue weighted by Gasteiger charge is -2.46. The molecule has 2 aromatic rings. The van der Waals surface area contributed by atoms with Gasteiger partial charge in [-0.15, -0.1) is 11.3 Å². The van der Waals surface area contributed by atoms with Crippen LogP contribution in [0.5, 0.6) is 11.5 Å². The van der Waals surface area contributed by atoms with Crippen LogP contribution in [0.2, 0.25) is 0 Å². The van der Waals surface area contributed by atoms with Gasteiger partial charge in [0.1, 0.15) is 6.04 Å². The summed E-state index contributed by atoms with van der Waals surface area (Å²) in [5, 5.41) is 2.03. The van der Waals surface area contributed by atoms with E-state index in [0.717, 1.165) is 16.0 Å². The third-order valence-corrected chi connectivity index (χ3v) is 6.10. The molecule has 5 rings (SSSR count). The number of thiophene rings is 1. The zero-order valence-electron chi connectivity index (χ0n) is 13.6. The van der Waals surface area contributed by atoms with E-state index in [-0.39, 0.29) is 31.2 Å². The Bertz CT molecular complexity index is 893. The van der Waals surface area contributed by atoms with E-state index in [2.05, 4.69) is 6.07 Å². The zero-order chi connectivity index (χ0) is 17.1. The molecule has 3 aliphatic rings. The molecule has 0 bridgehead atoms. The maximum absolute atomic E-state index is 12.8. The molecule has 128 valence electrons.